The second kappa shape index (κ2) is 3.55. The molecule has 0 aliphatic carbocycles. The number of nitrogens with two attached hydrogens (primary N) is 1. The van der Waals surface area contributed by atoms with Crippen LogP contribution in [0.15, 0.2) is 0 Å². The summed E-state index contributed by atoms with van der Waals surface area (Å²) in [7, 11) is 0. The fraction of sp³-hybridized carbons (Fsp3) is 1.00. The van der Waals surface area contributed by atoms with Crippen molar-refractivity contribution in [1.82, 2.24) is 5.32 Å². The molecule has 2 nitrogen and oxygen atoms in total. The van der Waals surface area contributed by atoms with Gasteiger partial charge in [-0.2, -0.15) is 0 Å². The van der Waals surface area contributed by atoms with E-state index in [1.165, 1.54) is 0 Å². The van der Waals surface area contributed by atoms with Crippen molar-refractivity contribution in [3.63, 3.8) is 0 Å². The first-order chi connectivity index (χ1) is 4.71. The summed E-state index contributed by atoms with van der Waals surface area (Å²) in [4.78, 5) is 0. The first-order valence-corrected chi connectivity index (χ1v) is 4.25. The van der Waals surface area contributed by atoms with Gasteiger partial charge in [0, 0.05) is 11.1 Å². The third-order valence-corrected chi connectivity index (χ3v) is 1.42. The van der Waals surface area contributed by atoms with E-state index in [1.807, 2.05) is 0 Å². The first kappa shape index (κ1) is 10.9. The lowest BCUT2D eigenvalue weighted by molar-refractivity contribution is 0.380. The van der Waals surface area contributed by atoms with Gasteiger partial charge in [0.2, 0.25) is 0 Å². The van der Waals surface area contributed by atoms with E-state index in [0.717, 1.165) is 13.0 Å². The normalized spacial score (nSPS) is 13.6. The lowest BCUT2D eigenvalue weighted by atomic mass is 10.0. The van der Waals surface area contributed by atoms with Crippen LogP contribution >= 0.6 is 0 Å². The standard InChI is InChI=1S/C9H22N2/c1-8(2,3)11-7-6-9(4,5)10/h11H,6-7,10H2,1-5H3. The summed E-state index contributed by atoms with van der Waals surface area (Å²) in [6.45, 7) is 11.6. The van der Waals surface area contributed by atoms with E-state index < -0.39 is 0 Å². The monoisotopic (exact) mass is 158 g/mol. The highest BCUT2D eigenvalue weighted by molar-refractivity contribution is 4.76. The fourth-order valence-electron chi connectivity index (χ4n) is 0.760. The molecule has 0 rings (SSSR count). The Morgan fingerprint density at radius 2 is 1.55 bits per heavy atom. The van der Waals surface area contributed by atoms with Gasteiger partial charge in [-0.25, -0.2) is 0 Å². The summed E-state index contributed by atoms with van der Waals surface area (Å²) in [5.74, 6) is 0. The summed E-state index contributed by atoms with van der Waals surface area (Å²) in [6.07, 6.45) is 1.02. The maximum atomic E-state index is 5.82. The van der Waals surface area contributed by atoms with E-state index in [0.29, 0.717) is 0 Å². The SMILES string of the molecule is CC(C)(N)CCNC(C)(C)C. The van der Waals surface area contributed by atoms with Crippen LogP contribution in [0.2, 0.25) is 0 Å². The molecule has 0 bridgehead atoms. The molecule has 2 heteroatoms. The van der Waals surface area contributed by atoms with Crippen molar-refractivity contribution in [2.75, 3.05) is 6.54 Å². The van der Waals surface area contributed by atoms with Crippen LogP contribution in [0.25, 0.3) is 0 Å². The van der Waals surface area contributed by atoms with Crippen molar-refractivity contribution < 1.29 is 0 Å². The highest BCUT2D eigenvalue weighted by atomic mass is 14.9. The molecule has 0 unspecified atom stereocenters. The molecule has 68 valence electrons. The Hall–Kier alpha value is -0.0800. The summed E-state index contributed by atoms with van der Waals surface area (Å²) < 4.78 is 0. The Balaban J connectivity index is 3.44. The van der Waals surface area contributed by atoms with Gasteiger partial charge in [-0.3, -0.25) is 0 Å². The highest BCUT2D eigenvalue weighted by Gasteiger charge is 2.13. The van der Waals surface area contributed by atoms with Crippen LogP contribution in [0.3, 0.4) is 0 Å². The largest absolute Gasteiger partial charge is 0.326 e. The molecule has 0 amide bonds. The van der Waals surface area contributed by atoms with Crippen molar-refractivity contribution >= 4 is 0 Å². The smallest absolute Gasteiger partial charge is 0.0109 e. The van der Waals surface area contributed by atoms with Gasteiger partial charge in [0.25, 0.3) is 0 Å². The molecule has 3 N–H and O–H groups in total. The van der Waals surface area contributed by atoms with E-state index in [9.17, 15) is 0 Å². The first-order valence-electron chi connectivity index (χ1n) is 4.25. The van der Waals surface area contributed by atoms with Crippen molar-refractivity contribution in [3.8, 4) is 0 Å². The molecular weight excluding hydrogens is 136 g/mol. The van der Waals surface area contributed by atoms with Crippen LogP contribution in [0.1, 0.15) is 41.0 Å². The van der Waals surface area contributed by atoms with Gasteiger partial charge in [0.15, 0.2) is 0 Å². The molecule has 0 saturated heterocycles. The number of hydrogen-bond donors (Lipinski definition) is 2. The number of rotatable bonds is 3. The van der Waals surface area contributed by atoms with E-state index in [-0.39, 0.29) is 11.1 Å². The van der Waals surface area contributed by atoms with E-state index in [1.54, 1.807) is 0 Å². The molecule has 0 spiro atoms. The third kappa shape index (κ3) is 9.92. The van der Waals surface area contributed by atoms with Crippen LogP contribution in [0.4, 0.5) is 0 Å². The van der Waals surface area contributed by atoms with Crippen LogP contribution in [0, 0.1) is 0 Å². The van der Waals surface area contributed by atoms with Crippen molar-refractivity contribution in [2.24, 2.45) is 5.73 Å². The predicted molar refractivity (Wildman–Crippen MR) is 50.6 cm³/mol. The molecule has 0 aromatic heterocycles. The van der Waals surface area contributed by atoms with Crippen LogP contribution < -0.4 is 11.1 Å². The molecule has 0 aliphatic rings. The lowest BCUT2D eigenvalue weighted by Crippen LogP contribution is -2.41. The van der Waals surface area contributed by atoms with Crippen molar-refractivity contribution in [3.05, 3.63) is 0 Å². The van der Waals surface area contributed by atoms with Crippen LogP contribution in [0.5, 0.6) is 0 Å². The minimum Gasteiger partial charge on any atom is -0.326 e. The zero-order valence-electron chi connectivity index (χ0n) is 8.49. The number of hydrogen-bond acceptors (Lipinski definition) is 2. The summed E-state index contributed by atoms with van der Waals surface area (Å²) in [6, 6.07) is 0. The molecule has 0 atom stereocenters. The quantitative estimate of drug-likeness (QED) is 0.653. The topological polar surface area (TPSA) is 38.0 Å². The van der Waals surface area contributed by atoms with Gasteiger partial charge >= 0.3 is 0 Å². The maximum Gasteiger partial charge on any atom is 0.0109 e. The Kier molecular flexibility index (Phi) is 3.52. The second-order valence-corrected chi connectivity index (χ2v) is 4.92. The van der Waals surface area contributed by atoms with Gasteiger partial charge in [0.1, 0.15) is 0 Å². The molecule has 0 aromatic rings. The van der Waals surface area contributed by atoms with E-state index >= 15 is 0 Å². The molecule has 0 heterocycles. The molecule has 0 aromatic carbocycles. The molecule has 0 saturated carbocycles. The van der Waals surface area contributed by atoms with Gasteiger partial charge < -0.3 is 11.1 Å². The fourth-order valence-corrected chi connectivity index (χ4v) is 0.760. The minimum atomic E-state index is -0.0434. The molecule has 0 aliphatic heterocycles. The Bertz CT molecular complexity index is 91.7. The summed E-state index contributed by atoms with van der Waals surface area (Å²) in [5.41, 5.74) is 5.99. The van der Waals surface area contributed by atoms with Gasteiger partial charge in [0.05, 0.1) is 0 Å². The molecule has 0 radical (unpaired) electrons. The zero-order chi connectivity index (χ0) is 9.12. The van der Waals surface area contributed by atoms with Crippen molar-refractivity contribution in [2.45, 2.75) is 52.1 Å². The van der Waals surface area contributed by atoms with E-state index in [2.05, 4.69) is 39.9 Å². The molecular formula is C9H22N2. The Morgan fingerprint density at radius 3 is 1.82 bits per heavy atom. The maximum absolute atomic E-state index is 5.82. The summed E-state index contributed by atoms with van der Waals surface area (Å²) >= 11 is 0. The summed E-state index contributed by atoms with van der Waals surface area (Å²) in [5, 5.41) is 3.40. The number of nitrogens with one attached hydrogen (secondary N) is 1. The van der Waals surface area contributed by atoms with Crippen LogP contribution in [-0.2, 0) is 0 Å². The predicted octanol–water partition coefficient (Wildman–Crippen LogP) is 1.50. The average Bonchev–Trinajstić information content (AvgIpc) is 1.55. The zero-order valence-corrected chi connectivity index (χ0v) is 8.49. The molecule has 11 heavy (non-hydrogen) atoms. The molecule has 0 fully saturated rings. The average molecular weight is 158 g/mol. The van der Waals surface area contributed by atoms with Gasteiger partial charge in [-0.15, -0.1) is 0 Å². The third-order valence-electron chi connectivity index (χ3n) is 1.42. The van der Waals surface area contributed by atoms with Gasteiger partial charge in [-0.05, 0) is 47.6 Å². The minimum absolute atomic E-state index is 0.0434. The van der Waals surface area contributed by atoms with Crippen molar-refractivity contribution in [1.29, 1.82) is 0 Å². The second-order valence-electron chi connectivity index (χ2n) is 4.92. The highest BCUT2D eigenvalue weighted by Crippen LogP contribution is 2.04. The van der Waals surface area contributed by atoms with Crippen LogP contribution in [-0.4, -0.2) is 17.6 Å². The Labute approximate surface area is 70.5 Å². The Morgan fingerprint density at radius 1 is 1.09 bits per heavy atom. The van der Waals surface area contributed by atoms with Gasteiger partial charge in [-0.1, -0.05) is 0 Å². The lowest BCUT2D eigenvalue weighted by Gasteiger charge is -2.24. The van der Waals surface area contributed by atoms with E-state index in [4.69, 9.17) is 5.73 Å².